The Hall–Kier alpha value is -1.61. The van der Waals surface area contributed by atoms with Crippen LogP contribution in [0.15, 0.2) is 47.5 Å². The molecule has 2 aromatic rings. The molecule has 1 unspecified atom stereocenters. The number of aromatic nitrogens is 1. The Morgan fingerprint density at radius 3 is 2.94 bits per heavy atom. The Bertz CT molecular complexity index is 397. The van der Waals surface area contributed by atoms with Crippen molar-refractivity contribution in [2.45, 2.75) is 19.4 Å². The van der Waals surface area contributed by atoms with Gasteiger partial charge in [-0.15, -0.1) is 0 Å². The molecule has 84 valence electrons. The number of furan rings is 1. The van der Waals surface area contributed by atoms with E-state index in [9.17, 15) is 0 Å². The monoisotopic (exact) mass is 216 g/mol. The molecular weight excluding hydrogens is 200 g/mol. The van der Waals surface area contributed by atoms with Gasteiger partial charge in [-0.05, 0) is 30.7 Å². The first-order valence-corrected chi connectivity index (χ1v) is 5.57. The summed E-state index contributed by atoms with van der Waals surface area (Å²) in [4.78, 5) is 4.15. The Labute approximate surface area is 95.5 Å². The molecule has 2 rings (SSSR count). The van der Waals surface area contributed by atoms with Crippen molar-refractivity contribution in [3.8, 4) is 0 Å². The number of nitrogens with one attached hydrogen (secondary N) is 1. The van der Waals surface area contributed by atoms with Crippen molar-refractivity contribution in [2.75, 3.05) is 6.54 Å². The fourth-order valence-corrected chi connectivity index (χ4v) is 1.70. The van der Waals surface area contributed by atoms with E-state index in [1.165, 1.54) is 0 Å². The Balaban J connectivity index is 2.21. The van der Waals surface area contributed by atoms with Crippen LogP contribution in [0, 0.1) is 0 Å². The zero-order chi connectivity index (χ0) is 11.2. The zero-order valence-corrected chi connectivity index (χ0v) is 9.39. The van der Waals surface area contributed by atoms with Crippen molar-refractivity contribution in [1.29, 1.82) is 0 Å². The Morgan fingerprint density at radius 1 is 1.38 bits per heavy atom. The summed E-state index contributed by atoms with van der Waals surface area (Å²) >= 11 is 0. The molecule has 0 aromatic carbocycles. The van der Waals surface area contributed by atoms with E-state index in [0.29, 0.717) is 0 Å². The standard InChI is InChI=1S/C13H16N2O/c1-2-6-15-13(12-5-8-16-10-12)11-4-3-7-14-9-11/h3-5,7-10,13,15H,2,6H2,1H3. The van der Waals surface area contributed by atoms with E-state index in [4.69, 9.17) is 4.42 Å². The van der Waals surface area contributed by atoms with E-state index in [1.807, 2.05) is 18.3 Å². The van der Waals surface area contributed by atoms with Gasteiger partial charge in [-0.1, -0.05) is 13.0 Å². The first kappa shape index (κ1) is 10.9. The first-order valence-electron chi connectivity index (χ1n) is 5.57. The molecule has 0 radical (unpaired) electrons. The highest BCUT2D eigenvalue weighted by Gasteiger charge is 2.13. The molecule has 3 nitrogen and oxygen atoms in total. The van der Waals surface area contributed by atoms with Crippen LogP contribution in [0.25, 0.3) is 0 Å². The topological polar surface area (TPSA) is 38.1 Å². The lowest BCUT2D eigenvalue weighted by atomic mass is 10.0. The summed E-state index contributed by atoms with van der Waals surface area (Å²) in [6.45, 7) is 3.13. The summed E-state index contributed by atoms with van der Waals surface area (Å²) in [5.74, 6) is 0. The Kier molecular flexibility index (Phi) is 3.72. The number of hydrogen-bond acceptors (Lipinski definition) is 3. The molecule has 0 saturated heterocycles. The van der Waals surface area contributed by atoms with Crippen LogP contribution >= 0.6 is 0 Å². The van der Waals surface area contributed by atoms with Crippen LogP contribution in [0.3, 0.4) is 0 Å². The van der Waals surface area contributed by atoms with Gasteiger partial charge in [-0.25, -0.2) is 0 Å². The van der Waals surface area contributed by atoms with Crippen LogP contribution in [-0.2, 0) is 0 Å². The molecule has 16 heavy (non-hydrogen) atoms. The maximum atomic E-state index is 5.14. The van der Waals surface area contributed by atoms with E-state index >= 15 is 0 Å². The highest BCUT2D eigenvalue weighted by Crippen LogP contribution is 2.21. The van der Waals surface area contributed by atoms with E-state index in [1.54, 1.807) is 18.7 Å². The third kappa shape index (κ3) is 2.49. The number of rotatable bonds is 5. The lowest BCUT2D eigenvalue weighted by Crippen LogP contribution is -2.22. The smallest absolute Gasteiger partial charge is 0.0953 e. The van der Waals surface area contributed by atoms with E-state index < -0.39 is 0 Å². The van der Waals surface area contributed by atoms with Gasteiger partial charge in [0, 0.05) is 18.0 Å². The van der Waals surface area contributed by atoms with Crippen LogP contribution in [-0.4, -0.2) is 11.5 Å². The van der Waals surface area contributed by atoms with Crippen LogP contribution < -0.4 is 5.32 Å². The van der Waals surface area contributed by atoms with Gasteiger partial charge in [0.15, 0.2) is 0 Å². The lowest BCUT2D eigenvalue weighted by Gasteiger charge is -2.16. The number of nitrogens with zero attached hydrogens (tertiary/aromatic N) is 1. The average molecular weight is 216 g/mol. The van der Waals surface area contributed by atoms with Crippen molar-refractivity contribution in [1.82, 2.24) is 10.3 Å². The molecule has 0 fully saturated rings. The van der Waals surface area contributed by atoms with Gasteiger partial charge in [0.2, 0.25) is 0 Å². The number of pyridine rings is 1. The molecule has 2 heterocycles. The second-order valence-electron chi connectivity index (χ2n) is 3.73. The molecule has 2 aromatic heterocycles. The molecule has 0 spiro atoms. The van der Waals surface area contributed by atoms with Crippen molar-refractivity contribution in [3.05, 3.63) is 54.2 Å². The normalized spacial score (nSPS) is 12.6. The van der Waals surface area contributed by atoms with Crippen LogP contribution in [0.2, 0.25) is 0 Å². The highest BCUT2D eigenvalue weighted by atomic mass is 16.3. The molecule has 0 bridgehead atoms. The van der Waals surface area contributed by atoms with Gasteiger partial charge in [-0.2, -0.15) is 0 Å². The molecule has 1 N–H and O–H groups in total. The van der Waals surface area contributed by atoms with E-state index in [-0.39, 0.29) is 6.04 Å². The molecular formula is C13H16N2O. The third-order valence-corrected chi connectivity index (χ3v) is 2.49. The second kappa shape index (κ2) is 5.47. The minimum Gasteiger partial charge on any atom is -0.472 e. The molecule has 0 saturated carbocycles. The lowest BCUT2D eigenvalue weighted by molar-refractivity contribution is 0.548. The fraction of sp³-hybridized carbons (Fsp3) is 0.308. The van der Waals surface area contributed by atoms with Crippen molar-refractivity contribution in [3.63, 3.8) is 0 Å². The third-order valence-electron chi connectivity index (χ3n) is 2.49. The van der Waals surface area contributed by atoms with Crippen LogP contribution in [0.1, 0.15) is 30.5 Å². The highest BCUT2D eigenvalue weighted by molar-refractivity contribution is 5.26. The maximum absolute atomic E-state index is 5.14. The van der Waals surface area contributed by atoms with E-state index in [0.717, 1.165) is 24.1 Å². The minimum absolute atomic E-state index is 0.174. The second-order valence-corrected chi connectivity index (χ2v) is 3.73. The molecule has 3 heteroatoms. The van der Waals surface area contributed by atoms with Gasteiger partial charge in [0.1, 0.15) is 0 Å². The quantitative estimate of drug-likeness (QED) is 0.835. The minimum atomic E-state index is 0.174. The van der Waals surface area contributed by atoms with Crippen molar-refractivity contribution < 1.29 is 4.42 Å². The summed E-state index contributed by atoms with van der Waals surface area (Å²) in [5.41, 5.74) is 2.30. The van der Waals surface area contributed by atoms with E-state index in [2.05, 4.69) is 23.3 Å². The summed E-state index contributed by atoms with van der Waals surface area (Å²) in [6.07, 6.45) is 8.26. The average Bonchev–Trinajstić information content (AvgIpc) is 2.85. The molecule has 0 amide bonds. The predicted molar refractivity (Wildman–Crippen MR) is 63.1 cm³/mol. The van der Waals surface area contributed by atoms with Gasteiger partial charge in [-0.3, -0.25) is 4.98 Å². The summed E-state index contributed by atoms with van der Waals surface area (Å²) in [6, 6.07) is 6.19. The predicted octanol–water partition coefficient (Wildman–Crippen LogP) is 2.76. The molecule has 0 aliphatic carbocycles. The van der Waals surface area contributed by atoms with Gasteiger partial charge < -0.3 is 9.73 Å². The zero-order valence-electron chi connectivity index (χ0n) is 9.39. The summed E-state index contributed by atoms with van der Waals surface area (Å²) < 4.78 is 5.14. The molecule has 1 atom stereocenters. The maximum Gasteiger partial charge on any atom is 0.0953 e. The van der Waals surface area contributed by atoms with Crippen LogP contribution in [0.5, 0.6) is 0 Å². The summed E-state index contributed by atoms with van der Waals surface area (Å²) in [5, 5.41) is 3.49. The van der Waals surface area contributed by atoms with Gasteiger partial charge >= 0.3 is 0 Å². The van der Waals surface area contributed by atoms with Crippen molar-refractivity contribution >= 4 is 0 Å². The molecule has 0 aliphatic rings. The Morgan fingerprint density at radius 2 is 2.31 bits per heavy atom. The fourth-order valence-electron chi connectivity index (χ4n) is 1.70. The summed E-state index contributed by atoms with van der Waals surface area (Å²) in [7, 11) is 0. The first-order chi connectivity index (χ1) is 7.92. The SMILES string of the molecule is CCCNC(c1cccnc1)c1ccoc1. The van der Waals surface area contributed by atoms with Crippen molar-refractivity contribution in [2.24, 2.45) is 0 Å². The molecule has 0 aliphatic heterocycles. The number of hydrogen-bond donors (Lipinski definition) is 1. The van der Waals surface area contributed by atoms with Gasteiger partial charge in [0.05, 0.1) is 18.6 Å². The van der Waals surface area contributed by atoms with Gasteiger partial charge in [0.25, 0.3) is 0 Å². The van der Waals surface area contributed by atoms with Crippen LogP contribution in [0.4, 0.5) is 0 Å². The largest absolute Gasteiger partial charge is 0.472 e.